The number of nitrogens with zero attached hydrogens (tertiary/aromatic N) is 4. The Labute approximate surface area is 198 Å². The third-order valence-electron chi connectivity index (χ3n) is 6.87. The van der Waals surface area contributed by atoms with Gasteiger partial charge in [-0.2, -0.15) is 0 Å². The molecule has 2 aromatic carbocycles. The summed E-state index contributed by atoms with van der Waals surface area (Å²) in [6.45, 7) is 9.35. The Bertz CT molecular complexity index is 1210. The number of carbonyl (C=O) groups is 1. The summed E-state index contributed by atoms with van der Waals surface area (Å²) in [6.07, 6.45) is 1.51. The summed E-state index contributed by atoms with van der Waals surface area (Å²) in [6, 6.07) is 14.4. The molecule has 5 rings (SSSR count). The standard InChI is InChI=1S/C26H28FN5O2/c1-17(18-4-6-19(27)7-5-18)31-10-12-32(13-11-31)23-15-24(29-16-28-23)34-20-8-9-22-21(14-20)26(2,3)25(33)30-22/h4-9,14-17H,10-13H2,1-3H3,(H,30,33). The van der Waals surface area contributed by atoms with Crippen LogP contribution < -0.4 is 15.0 Å². The first-order valence-corrected chi connectivity index (χ1v) is 11.5. The lowest BCUT2D eigenvalue weighted by atomic mass is 9.86. The SMILES string of the molecule is CC(c1ccc(F)cc1)N1CCN(c2cc(Oc3ccc4c(c3)C(C)(C)C(=O)N4)ncn2)CC1. The second kappa shape index (κ2) is 8.68. The molecule has 3 heterocycles. The Morgan fingerprint density at radius 3 is 2.50 bits per heavy atom. The van der Waals surface area contributed by atoms with E-state index in [2.05, 4.69) is 32.0 Å². The quantitative estimate of drug-likeness (QED) is 0.603. The number of nitrogens with one attached hydrogen (secondary N) is 1. The number of hydrogen-bond acceptors (Lipinski definition) is 6. The van der Waals surface area contributed by atoms with E-state index in [4.69, 9.17) is 4.74 Å². The van der Waals surface area contributed by atoms with Gasteiger partial charge in [0.15, 0.2) is 0 Å². The fourth-order valence-corrected chi connectivity index (χ4v) is 4.58. The van der Waals surface area contributed by atoms with Crippen molar-refractivity contribution in [3.05, 3.63) is 71.8 Å². The second-order valence-electron chi connectivity index (χ2n) is 9.35. The molecule has 1 saturated heterocycles. The minimum atomic E-state index is -0.601. The van der Waals surface area contributed by atoms with Crippen molar-refractivity contribution in [3.63, 3.8) is 0 Å². The third kappa shape index (κ3) is 4.21. The summed E-state index contributed by atoms with van der Waals surface area (Å²) in [5, 5.41) is 2.91. The van der Waals surface area contributed by atoms with Crippen molar-refractivity contribution >= 4 is 17.4 Å². The molecule has 1 unspecified atom stereocenters. The lowest BCUT2D eigenvalue weighted by Crippen LogP contribution is -2.47. The Kier molecular flexibility index (Phi) is 5.69. The van der Waals surface area contributed by atoms with Gasteiger partial charge in [-0.25, -0.2) is 14.4 Å². The van der Waals surface area contributed by atoms with E-state index in [1.54, 1.807) is 0 Å². The van der Waals surface area contributed by atoms with Crippen molar-refractivity contribution in [2.75, 3.05) is 36.4 Å². The van der Waals surface area contributed by atoms with Crippen LogP contribution in [0.4, 0.5) is 15.9 Å². The summed E-state index contributed by atoms with van der Waals surface area (Å²) >= 11 is 0. The molecule has 34 heavy (non-hydrogen) atoms. The predicted octanol–water partition coefficient (Wildman–Crippen LogP) is 4.52. The van der Waals surface area contributed by atoms with E-state index in [-0.39, 0.29) is 17.8 Å². The highest BCUT2D eigenvalue weighted by Crippen LogP contribution is 2.40. The van der Waals surface area contributed by atoms with Crippen LogP contribution in [-0.2, 0) is 10.2 Å². The zero-order chi connectivity index (χ0) is 23.9. The maximum absolute atomic E-state index is 13.3. The number of fused-ring (bicyclic) bond motifs is 1. The van der Waals surface area contributed by atoms with E-state index in [1.165, 1.54) is 18.5 Å². The Balaban J connectivity index is 1.25. The highest BCUT2D eigenvalue weighted by Gasteiger charge is 2.38. The Morgan fingerprint density at radius 2 is 1.76 bits per heavy atom. The van der Waals surface area contributed by atoms with Crippen molar-refractivity contribution < 1.29 is 13.9 Å². The first-order chi connectivity index (χ1) is 16.3. The number of benzene rings is 2. The fourth-order valence-electron chi connectivity index (χ4n) is 4.58. The molecule has 0 saturated carbocycles. The smallest absolute Gasteiger partial charge is 0.234 e. The monoisotopic (exact) mass is 461 g/mol. The van der Waals surface area contributed by atoms with E-state index < -0.39 is 5.41 Å². The summed E-state index contributed by atoms with van der Waals surface area (Å²) in [4.78, 5) is 25.6. The van der Waals surface area contributed by atoms with E-state index in [1.807, 2.05) is 50.2 Å². The first kappa shape index (κ1) is 22.3. The van der Waals surface area contributed by atoms with Crippen molar-refractivity contribution in [1.29, 1.82) is 0 Å². The minimum absolute atomic E-state index is 0.0168. The number of aromatic nitrogens is 2. The van der Waals surface area contributed by atoms with Crippen molar-refractivity contribution in [2.45, 2.75) is 32.2 Å². The number of rotatable bonds is 5. The van der Waals surface area contributed by atoms with Crippen LogP contribution in [0.1, 0.15) is 37.9 Å². The van der Waals surface area contributed by atoms with Crippen molar-refractivity contribution in [2.24, 2.45) is 0 Å². The molecule has 1 N–H and O–H groups in total. The maximum Gasteiger partial charge on any atom is 0.234 e. The molecule has 1 amide bonds. The third-order valence-corrected chi connectivity index (χ3v) is 6.87. The zero-order valence-corrected chi connectivity index (χ0v) is 19.6. The molecule has 7 nitrogen and oxygen atoms in total. The summed E-state index contributed by atoms with van der Waals surface area (Å²) in [5.74, 6) is 1.68. The first-order valence-electron chi connectivity index (χ1n) is 11.5. The molecule has 2 aliphatic rings. The van der Waals surface area contributed by atoms with Crippen LogP contribution in [0.3, 0.4) is 0 Å². The minimum Gasteiger partial charge on any atom is -0.439 e. The average Bonchev–Trinajstić information content (AvgIpc) is 3.07. The highest BCUT2D eigenvalue weighted by atomic mass is 19.1. The van der Waals surface area contributed by atoms with Crippen molar-refractivity contribution in [3.8, 4) is 11.6 Å². The van der Waals surface area contributed by atoms with Crippen LogP contribution >= 0.6 is 0 Å². The summed E-state index contributed by atoms with van der Waals surface area (Å²) in [5.41, 5.74) is 2.24. The van der Waals surface area contributed by atoms with Crippen LogP contribution in [0.5, 0.6) is 11.6 Å². The topological polar surface area (TPSA) is 70.6 Å². The average molecular weight is 462 g/mol. The second-order valence-corrected chi connectivity index (χ2v) is 9.35. The maximum atomic E-state index is 13.3. The molecule has 2 aliphatic heterocycles. The normalized spacial score (nSPS) is 18.4. The van der Waals surface area contributed by atoms with E-state index in [9.17, 15) is 9.18 Å². The van der Waals surface area contributed by atoms with E-state index >= 15 is 0 Å². The van der Waals surface area contributed by atoms with Crippen LogP contribution in [0.15, 0.2) is 54.9 Å². The predicted molar refractivity (Wildman–Crippen MR) is 129 cm³/mol. The lowest BCUT2D eigenvalue weighted by molar-refractivity contribution is -0.119. The van der Waals surface area contributed by atoms with Gasteiger partial charge in [0.05, 0.1) is 5.41 Å². The van der Waals surface area contributed by atoms with Gasteiger partial charge in [-0.3, -0.25) is 9.69 Å². The molecule has 176 valence electrons. The number of carbonyl (C=O) groups excluding carboxylic acids is 1. The van der Waals surface area contributed by atoms with Crippen LogP contribution in [-0.4, -0.2) is 47.0 Å². The van der Waals surface area contributed by atoms with E-state index in [0.29, 0.717) is 11.6 Å². The molecular weight excluding hydrogens is 433 g/mol. The molecule has 0 aliphatic carbocycles. The molecule has 0 bridgehead atoms. The van der Waals surface area contributed by atoms with Crippen LogP contribution in [0.25, 0.3) is 0 Å². The largest absolute Gasteiger partial charge is 0.439 e. The van der Waals surface area contributed by atoms with Gasteiger partial charge in [-0.05, 0) is 62.2 Å². The Morgan fingerprint density at radius 1 is 1.03 bits per heavy atom. The van der Waals surface area contributed by atoms with Gasteiger partial charge in [0, 0.05) is 44.0 Å². The lowest BCUT2D eigenvalue weighted by Gasteiger charge is -2.38. The van der Waals surface area contributed by atoms with Gasteiger partial charge in [0.1, 0.15) is 23.7 Å². The Hall–Kier alpha value is -3.52. The molecule has 1 aromatic heterocycles. The van der Waals surface area contributed by atoms with Gasteiger partial charge in [0.25, 0.3) is 0 Å². The molecule has 3 aromatic rings. The highest BCUT2D eigenvalue weighted by molar-refractivity contribution is 6.05. The molecular formula is C26H28FN5O2. The molecule has 0 spiro atoms. The number of ether oxygens (including phenoxy) is 1. The summed E-state index contributed by atoms with van der Waals surface area (Å²) < 4.78 is 19.3. The molecule has 0 radical (unpaired) electrons. The molecule has 8 heteroatoms. The molecule has 1 atom stereocenters. The van der Waals surface area contributed by atoms with E-state index in [0.717, 1.165) is 48.8 Å². The van der Waals surface area contributed by atoms with Gasteiger partial charge in [-0.1, -0.05) is 12.1 Å². The summed E-state index contributed by atoms with van der Waals surface area (Å²) in [7, 11) is 0. The number of piperazine rings is 1. The van der Waals surface area contributed by atoms with Crippen molar-refractivity contribution in [1.82, 2.24) is 14.9 Å². The van der Waals surface area contributed by atoms with Crippen LogP contribution in [0, 0.1) is 5.82 Å². The van der Waals surface area contributed by atoms with Crippen LogP contribution in [0.2, 0.25) is 0 Å². The van der Waals surface area contributed by atoms with Gasteiger partial charge < -0.3 is 15.0 Å². The number of hydrogen-bond donors (Lipinski definition) is 1. The number of halogens is 1. The van der Waals surface area contributed by atoms with Gasteiger partial charge >= 0.3 is 0 Å². The molecule has 1 fully saturated rings. The fraction of sp³-hybridized carbons (Fsp3) is 0.346. The number of anilines is 2. The van der Waals surface area contributed by atoms with Gasteiger partial charge in [0.2, 0.25) is 11.8 Å². The zero-order valence-electron chi connectivity index (χ0n) is 19.6. The van der Waals surface area contributed by atoms with Gasteiger partial charge in [-0.15, -0.1) is 0 Å². The number of amides is 1.